The first-order valence-corrected chi connectivity index (χ1v) is 6.64. The van der Waals surface area contributed by atoms with Crippen molar-refractivity contribution in [1.82, 2.24) is 0 Å². The molecule has 2 aromatic rings. The van der Waals surface area contributed by atoms with Gasteiger partial charge in [0.15, 0.2) is 0 Å². The molecule has 0 amide bonds. The number of benzene rings is 2. The number of aryl methyl sites for hydroxylation is 1. The van der Waals surface area contributed by atoms with E-state index in [9.17, 15) is 4.79 Å². The van der Waals surface area contributed by atoms with E-state index in [4.69, 9.17) is 10.5 Å². The highest BCUT2D eigenvalue weighted by molar-refractivity contribution is 9.10. The van der Waals surface area contributed by atoms with Gasteiger partial charge in [0, 0.05) is 5.69 Å². The summed E-state index contributed by atoms with van der Waals surface area (Å²) in [4.78, 5) is 12.0. The second-order valence-corrected chi connectivity index (χ2v) is 5.06. The van der Waals surface area contributed by atoms with Gasteiger partial charge in [0.2, 0.25) is 0 Å². The van der Waals surface area contributed by atoms with Crippen LogP contribution in [0.25, 0.3) is 0 Å². The lowest BCUT2D eigenvalue weighted by atomic mass is 10.1. The van der Waals surface area contributed by atoms with Crippen LogP contribution in [0.4, 0.5) is 5.69 Å². The van der Waals surface area contributed by atoms with Gasteiger partial charge in [-0.15, -0.1) is 0 Å². The lowest BCUT2D eigenvalue weighted by Gasteiger charge is -2.08. The monoisotopic (exact) mass is 319 g/mol. The Balaban J connectivity index is 2.05. The van der Waals surface area contributed by atoms with Gasteiger partial charge in [-0.2, -0.15) is 0 Å². The van der Waals surface area contributed by atoms with Crippen molar-refractivity contribution in [1.29, 1.82) is 0 Å². The number of nitrogen functional groups attached to an aromatic ring is 1. The molecule has 0 bridgehead atoms. The molecule has 0 aliphatic carbocycles. The standard InChI is InChI=1S/C15H14BrNO2/c1-10-5-7-11(8-6-10)9-19-15(18)12-3-2-4-13(17)14(12)16/h2-8H,9,17H2,1H3. The molecule has 0 saturated carbocycles. The Labute approximate surface area is 120 Å². The fourth-order valence-corrected chi connectivity index (χ4v) is 2.04. The Kier molecular flexibility index (Phi) is 4.22. The maximum atomic E-state index is 12.0. The van der Waals surface area contributed by atoms with Gasteiger partial charge in [-0.05, 0) is 40.5 Å². The molecule has 2 rings (SSSR count). The normalized spacial score (nSPS) is 10.2. The average molecular weight is 320 g/mol. The van der Waals surface area contributed by atoms with Crippen LogP contribution in [-0.2, 0) is 11.3 Å². The summed E-state index contributed by atoms with van der Waals surface area (Å²) in [5.74, 6) is -0.389. The predicted octanol–water partition coefficient (Wildman–Crippen LogP) is 3.70. The zero-order valence-electron chi connectivity index (χ0n) is 10.5. The van der Waals surface area contributed by atoms with Crippen molar-refractivity contribution < 1.29 is 9.53 Å². The number of anilines is 1. The SMILES string of the molecule is Cc1ccc(COC(=O)c2cccc(N)c2Br)cc1. The molecule has 4 heteroatoms. The molecule has 0 radical (unpaired) electrons. The number of rotatable bonds is 3. The Morgan fingerprint density at radius 2 is 1.89 bits per heavy atom. The van der Waals surface area contributed by atoms with Crippen molar-refractivity contribution in [2.45, 2.75) is 13.5 Å². The highest BCUT2D eigenvalue weighted by Gasteiger charge is 2.13. The molecule has 3 nitrogen and oxygen atoms in total. The van der Waals surface area contributed by atoms with Crippen molar-refractivity contribution in [3.63, 3.8) is 0 Å². The molecule has 0 aliphatic heterocycles. The molecule has 2 aromatic carbocycles. The van der Waals surface area contributed by atoms with E-state index >= 15 is 0 Å². The van der Waals surface area contributed by atoms with E-state index in [1.807, 2.05) is 31.2 Å². The number of halogens is 1. The molecular weight excluding hydrogens is 306 g/mol. The van der Waals surface area contributed by atoms with Gasteiger partial charge in [0.25, 0.3) is 0 Å². The second kappa shape index (κ2) is 5.89. The Morgan fingerprint density at radius 1 is 1.21 bits per heavy atom. The fraction of sp³-hybridized carbons (Fsp3) is 0.133. The smallest absolute Gasteiger partial charge is 0.339 e. The van der Waals surface area contributed by atoms with Gasteiger partial charge < -0.3 is 10.5 Å². The molecule has 0 saturated heterocycles. The number of carbonyl (C=O) groups excluding carboxylic acids is 1. The molecule has 0 atom stereocenters. The zero-order valence-corrected chi connectivity index (χ0v) is 12.1. The van der Waals surface area contributed by atoms with Crippen molar-refractivity contribution in [2.75, 3.05) is 5.73 Å². The molecule has 0 spiro atoms. The molecule has 0 aromatic heterocycles. The van der Waals surface area contributed by atoms with E-state index in [-0.39, 0.29) is 12.6 Å². The van der Waals surface area contributed by atoms with E-state index in [0.29, 0.717) is 15.7 Å². The van der Waals surface area contributed by atoms with Crippen LogP contribution in [0.15, 0.2) is 46.9 Å². The van der Waals surface area contributed by atoms with Gasteiger partial charge >= 0.3 is 5.97 Å². The summed E-state index contributed by atoms with van der Waals surface area (Å²) in [6, 6.07) is 13.0. The number of esters is 1. The van der Waals surface area contributed by atoms with E-state index in [0.717, 1.165) is 5.56 Å². The second-order valence-electron chi connectivity index (χ2n) is 4.27. The van der Waals surface area contributed by atoms with Crippen molar-refractivity contribution in [3.8, 4) is 0 Å². The summed E-state index contributed by atoms with van der Waals surface area (Å²) < 4.78 is 5.84. The largest absolute Gasteiger partial charge is 0.457 e. The molecular formula is C15H14BrNO2. The summed E-state index contributed by atoms with van der Waals surface area (Å²) in [6.45, 7) is 2.26. The van der Waals surface area contributed by atoms with Gasteiger partial charge in [-0.25, -0.2) is 4.79 Å². The minimum absolute atomic E-state index is 0.250. The van der Waals surface area contributed by atoms with Gasteiger partial charge in [-0.1, -0.05) is 35.9 Å². The molecule has 2 N–H and O–H groups in total. The van der Waals surface area contributed by atoms with Crippen LogP contribution in [0.3, 0.4) is 0 Å². The molecule has 0 aliphatic rings. The maximum absolute atomic E-state index is 12.0. The molecule has 98 valence electrons. The Morgan fingerprint density at radius 3 is 2.58 bits per heavy atom. The quantitative estimate of drug-likeness (QED) is 0.693. The van der Waals surface area contributed by atoms with Crippen molar-refractivity contribution in [3.05, 3.63) is 63.6 Å². The summed E-state index contributed by atoms with van der Waals surface area (Å²) in [7, 11) is 0. The molecule has 0 unspecified atom stereocenters. The number of hydrogen-bond acceptors (Lipinski definition) is 3. The first-order valence-electron chi connectivity index (χ1n) is 5.84. The minimum atomic E-state index is -0.389. The Hall–Kier alpha value is -1.81. The molecule has 19 heavy (non-hydrogen) atoms. The Bertz CT molecular complexity index is 594. The number of hydrogen-bond donors (Lipinski definition) is 1. The van der Waals surface area contributed by atoms with Gasteiger partial charge in [0.05, 0.1) is 10.0 Å². The van der Waals surface area contributed by atoms with E-state index < -0.39 is 0 Å². The van der Waals surface area contributed by atoms with Crippen LogP contribution in [0.1, 0.15) is 21.5 Å². The highest BCUT2D eigenvalue weighted by Crippen LogP contribution is 2.24. The van der Waals surface area contributed by atoms with E-state index in [1.165, 1.54) is 5.56 Å². The third-order valence-corrected chi connectivity index (χ3v) is 3.62. The van der Waals surface area contributed by atoms with E-state index in [2.05, 4.69) is 15.9 Å². The zero-order chi connectivity index (χ0) is 13.8. The highest BCUT2D eigenvalue weighted by atomic mass is 79.9. The third-order valence-electron chi connectivity index (χ3n) is 2.74. The molecule has 0 fully saturated rings. The van der Waals surface area contributed by atoms with Gasteiger partial charge in [-0.3, -0.25) is 0 Å². The topological polar surface area (TPSA) is 52.3 Å². The summed E-state index contributed by atoms with van der Waals surface area (Å²) in [5, 5.41) is 0. The van der Waals surface area contributed by atoms with Gasteiger partial charge in [0.1, 0.15) is 6.61 Å². The summed E-state index contributed by atoms with van der Waals surface area (Å²) in [6.07, 6.45) is 0. The fourth-order valence-electron chi connectivity index (χ4n) is 1.62. The van der Waals surface area contributed by atoms with E-state index in [1.54, 1.807) is 18.2 Å². The average Bonchev–Trinajstić information content (AvgIpc) is 2.41. The van der Waals surface area contributed by atoms with Crippen molar-refractivity contribution in [2.24, 2.45) is 0 Å². The van der Waals surface area contributed by atoms with Crippen molar-refractivity contribution >= 4 is 27.6 Å². The molecule has 0 heterocycles. The third kappa shape index (κ3) is 3.35. The first kappa shape index (κ1) is 13.6. The maximum Gasteiger partial charge on any atom is 0.339 e. The summed E-state index contributed by atoms with van der Waals surface area (Å²) in [5.41, 5.74) is 8.82. The van der Waals surface area contributed by atoms with Crippen LogP contribution in [0.2, 0.25) is 0 Å². The van der Waals surface area contributed by atoms with Crippen LogP contribution < -0.4 is 5.73 Å². The lowest BCUT2D eigenvalue weighted by molar-refractivity contribution is 0.0471. The summed E-state index contributed by atoms with van der Waals surface area (Å²) >= 11 is 3.29. The van der Waals surface area contributed by atoms with Crippen LogP contribution in [0.5, 0.6) is 0 Å². The van der Waals surface area contributed by atoms with Crippen LogP contribution in [-0.4, -0.2) is 5.97 Å². The lowest BCUT2D eigenvalue weighted by Crippen LogP contribution is -2.07. The minimum Gasteiger partial charge on any atom is -0.457 e. The number of carbonyl (C=O) groups is 1. The van der Waals surface area contributed by atoms with Crippen LogP contribution in [0, 0.1) is 6.92 Å². The number of ether oxygens (including phenoxy) is 1. The number of nitrogens with two attached hydrogens (primary N) is 1. The first-order chi connectivity index (χ1) is 9.08. The van der Waals surface area contributed by atoms with Crippen LogP contribution >= 0.6 is 15.9 Å². The predicted molar refractivity (Wildman–Crippen MR) is 78.9 cm³/mol.